The van der Waals surface area contributed by atoms with Crippen molar-refractivity contribution in [1.29, 1.82) is 0 Å². The van der Waals surface area contributed by atoms with E-state index in [-0.39, 0.29) is 12.0 Å². The normalized spacial score (nSPS) is 13.8. The fraction of sp³-hybridized carbons (Fsp3) is 0.409. The number of nitrogens with zero attached hydrogens (tertiary/aromatic N) is 3. The molecule has 3 rings (SSSR count). The highest BCUT2D eigenvalue weighted by Crippen LogP contribution is 2.12. The Kier molecular flexibility index (Phi) is 7.44. The van der Waals surface area contributed by atoms with Crippen molar-refractivity contribution in [3.63, 3.8) is 0 Å². The van der Waals surface area contributed by atoms with Gasteiger partial charge in [-0.15, -0.1) is 0 Å². The number of aromatic nitrogens is 1. The molecule has 154 valence electrons. The molecule has 7 nitrogen and oxygen atoms in total. The number of aryl methyl sites for hydroxylation is 1. The molecule has 2 amide bonds. The van der Waals surface area contributed by atoms with Crippen LogP contribution in [-0.2, 0) is 11.2 Å². The first kappa shape index (κ1) is 20.6. The molecule has 0 aliphatic carbocycles. The Morgan fingerprint density at radius 2 is 1.76 bits per heavy atom. The van der Waals surface area contributed by atoms with Crippen LogP contribution in [0.4, 0.5) is 10.5 Å². The highest BCUT2D eigenvalue weighted by atomic mass is 16.6. The first-order valence-electron chi connectivity index (χ1n) is 10.1. The second kappa shape index (κ2) is 10.5. The van der Waals surface area contributed by atoms with E-state index >= 15 is 0 Å². The third-order valence-electron chi connectivity index (χ3n) is 4.89. The van der Waals surface area contributed by atoms with Crippen LogP contribution in [0.3, 0.4) is 0 Å². The standard InChI is InChI=1S/C22H28N4O3/c1-2-29-22(28)26-15-13-25(14-16-26)21(27)20-11-10-19(17-24-20)23-12-6-9-18-7-4-3-5-8-18/h3-5,7-8,10-11,17,23H,2,6,9,12-16H2,1H3. The van der Waals surface area contributed by atoms with Gasteiger partial charge in [-0.3, -0.25) is 4.79 Å². The van der Waals surface area contributed by atoms with Gasteiger partial charge in [0.25, 0.3) is 5.91 Å². The van der Waals surface area contributed by atoms with Crippen LogP contribution >= 0.6 is 0 Å². The van der Waals surface area contributed by atoms with Crippen molar-refractivity contribution < 1.29 is 14.3 Å². The minimum atomic E-state index is -0.319. The molecule has 1 aromatic carbocycles. The average molecular weight is 396 g/mol. The van der Waals surface area contributed by atoms with Crippen LogP contribution in [0.15, 0.2) is 48.7 Å². The van der Waals surface area contributed by atoms with E-state index in [2.05, 4.69) is 34.6 Å². The number of benzene rings is 1. The van der Waals surface area contributed by atoms with Crippen molar-refractivity contribution in [1.82, 2.24) is 14.8 Å². The zero-order valence-corrected chi connectivity index (χ0v) is 16.8. The van der Waals surface area contributed by atoms with Gasteiger partial charge >= 0.3 is 6.09 Å². The molecule has 1 aliphatic heterocycles. The topological polar surface area (TPSA) is 74.8 Å². The number of amides is 2. The van der Waals surface area contributed by atoms with Gasteiger partial charge in [0.15, 0.2) is 0 Å². The van der Waals surface area contributed by atoms with Gasteiger partial charge in [0.1, 0.15) is 5.69 Å². The lowest BCUT2D eigenvalue weighted by Gasteiger charge is -2.33. The molecule has 0 bridgehead atoms. The van der Waals surface area contributed by atoms with Crippen molar-refractivity contribution in [2.75, 3.05) is 44.6 Å². The molecule has 0 spiro atoms. The van der Waals surface area contributed by atoms with Crippen LogP contribution in [0.5, 0.6) is 0 Å². The fourth-order valence-corrected chi connectivity index (χ4v) is 3.26. The maximum Gasteiger partial charge on any atom is 0.409 e. The first-order valence-corrected chi connectivity index (χ1v) is 10.1. The minimum Gasteiger partial charge on any atom is -0.450 e. The number of carbonyl (C=O) groups excluding carboxylic acids is 2. The van der Waals surface area contributed by atoms with Crippen molar-refractivity contribution in [3.05, 3.63) is 59.9 Å². The van der Waals surface area contributed by atoms with E-state index in [4.69, 9.17) is 4.74 Å². The highest BCUT2D eigenvalue weighted by Gasteiger charge is 2.25. The molecule has 2 aromatic rings. The van der Waals surface area contributed by atoms with E-state index in [1.165, 1.54) is 5.56 Å². The van der Waals surface area contributed by atoms with Crippen molar-refractivity contribution in [3.8, 4) is 0 Å². The van der Waals surface area contributed by atoms with Gasteiger partial charge in [0.05, 0.1) is 18.5 Å². The van der Waals surface area contributed by atoms with Crippen LogP contribution in [0.1, 0.15) is 29.4 Å². The fourth-order valence-electron chi connectivity index (χ4n) is 3.26. The van der Waals surface area contributed by atoms with Gasteiger partial charge in [0.2, 0.25) is 0 Å². The molecular weight excluding hydrogens is 368 g/mol. The number of piperazine rings is 1. The summed E-state index contributed by atoms with van der Waals surface area (Å²) in [7, 11) is 0. The van der Waals surface area contributed by atoms with E-state index in [0.717, 1.165) is 25.1 Å². The van der Waals surface area contributed by atoms with Gasteiger partial charge in [0, 0.05) is 32.7 Å². The Balaban J connectivity index is 1.42. The molecule has 0 unspecified atom stereocenters. The second-order valence-corrected chi connectivity index (χ2v) is 6.93. The quantitative estimate of drug-likeness (QED) is 0.728. The number of hydrogen-bond donors (Lipinski definition) is 1. The summed E-state index contributed by atoms with van der Waals surface area (Å²) >= 11 is 0. The minimum absolute atomic E-state index is 0.107. The molecule has 1 N–H and O–H groups in total. The number of ether oxygens (including phenoxy) is 1. The molecular formula is C22H28N4O3. The van der Waals surface area contributed by atoms with Crippen LogP contribution in [0.25, 0.3) is 0 Å². The Hall–Kier alpha value is -3.09. The van der Waals surface area contributed by atoms with Gasteiger partial charge in [-0.05, 0) is 37.5 Å². The zero-order chi connectivity index (χ0) is 20.5. The SMILES string of the molecule is CCOC(=O)N1CCN(C(=O)c2ccc(NCCCc3ccccc3)cn2)CC1. The maximum atomic E-state index is 12.6. The summed E-state index contributed by atoms with van der Waals surface area (Å²) in [4.78, 5) is 32.1. The molecule has 1 aliphatic rings. The zero-order valence-electron chi connectivity index (χ0n) is 16.8. The molecule has 2 heterocycles. The number of rotatable bonds is 7. The second-order valence-electron chi connectivity index (χ2n) is 6.93. The monoisotopic (exact) mass is 396 g/mol. The average Bonchev–Trinajstić information content (AvgIpc) is 2.78. The van der Waals surface area contributed by atoms with E-state index in [1.54, 1.807) is 29.0 Å². The van der Waals surface area contributed by atoms with Gasteiger partial charge in [-0.25, -0.2) is 9.78 Å². The number of hydrogen-bond acceptors (Lipinski definition) is 5. The van der Waals surface area contributed by atoms with Crippen LogP contribution < -0.4 is 5.32 Å². The van der Waals surface area contributed by atoms with Gasteiger partial charge < -0.3 is 19.9 Å². The third-order valence-corrected chi connectivity index (χ3v) is 4.89. The summed E-state index contributed by atoms with van der Waals surface area (Å²) in [6.07, 6.45) is 3.43. The number of pyridine rings is 1. The third kappa shape index (κ3) is 5.94. The summed E-state index contributed by atoms with van der Waals surface area (Å²) in [6.45, 7) is 4.91. The van der Waals surface area contributed by atoms with E-state index in [9.17, 15) is 9.59 Å². The van der Waals surface area contributed by atoms with E-state index in [0.29, 0.717) is 38.5 Å². The smallest absolute Gasteiger partial charge is 0.409 e. The Bertz CT molecular complexity index is 787. The number of anilines is 1. The molecule has 0 atom stereocenters. The lowest BCUT2D eigenvalue weighted by atomic mass is 10.1. The first-order chi connectivity index (χ1) is 14.2. The van der Waals surface area contributed by atoms with E-state index in [1.807, 2.05) is 12.1 Å². The molecule has 1 fully saturated rings. The molecule has 29 heavy (non-hydrogen) atoms. The number of carbonyl (C=O) groups is 2. The van der Waals surface area contributed by atoms with Crippen molar-refractivity contribution >= 4 is 17.7 Å². The van der Waals surface area contributed by atoms with Crippen LogP contribution in [0, 0.1) is 0 Å². The van der Waals surface area contributed by atoms with Gasteiger partial charge in [-0.2, -0.15) is 0 Å². The predicted molar refractivity (Wildman–Crippen MR) is 112 cm³/mol. The van der Waals surface area contributed by atoms with Crippen molar-refractivity contribution in [2.45, 2.75) is 19.8 Å². The highest BCUT2D eigenvalue weighted by molar-refractivity contribution is 5.92. The Labute approximate surface area is 171 Å². The molecule has 1 aromatic heterocycles. The molecule has 1 saturated heterocycles. The lowest BCUT2D eigenvalue weighted by molar-refractivity contribution is 0.0566. The summed E-state index contributed by atoms with van der Waals surface area (Å²) < 4.78 is 5.00. The summed E-state index contributed by atoms with van der Waals surface area (Å²) in [6, 6.07) is 14.0. The van der Waals surface area contributed by atoms with Crippen LogP contribution in [-0.4, -0.2) is 66.1 Å². The molecule has 7 heteroatoms. The van der Waals surface area contributed by atoms with Crippen LogP contribution in [0.2, 0.25) is 0 Å². The molecule has 0 radical (unpaired) electrons. The van der Waals surface area contributed by atoms with Gasteiger partial charge in [-0.1, -0.05) is 30.3 Å². The summed E-state index contributed by atoms with van der Waals surface area (Å²) in [5.41, 5.74) is 2.66. The lowest BCUT2D eigenvalue weighted by Crippen LogP contribution is -2.50. The Morgan fingerprint density at radius 1 is 1.03 bits per heavy atom. The largest absolute Gasteiger partial charge is 0.450 e. The number of nitrogens with one attached hydrogen (secondary N) is 1. The summed E-state index contributed by atoms with van der Waals surface area (Å²) in [5, 5.41) is 3.35. The Morgan fingerprint density at radius 3 is 2.41 bits per heavy atom. The molecule has 0 saturated carbocycles. The predicted octanol–water partition coefficient (Wildman–Crippen LogP) is 3.04. The maximum absolute atomic E-state index is 12.6. The van der Waals surface area contributed by atoms with E-state index < -0.39 is 0 Å². The van der Waals surface area contributed by atoms with Crippen molar-refractivity contribution in [2.24, 2.45) is 0 Å². The summed E-state index contributed by atoms with van der Waals surface area (Å²) in [5.74, 6) is -0.107.